The lowest BCUT2D eigenvalue weighted by atomic mass is 9.59. The predicted molar refractivity (Wildman–Crippen MR) is 242 cm³/mol. The van der Waals surface area contributed by atoms with Crippen LogP contribution in [0.4, 0.5) is 17.1 Å². The van der Waals surface area contributed by atoms with Crippen molar-refractivity contribution in [1.29, 1.82) is 0 Å². The predicted octanol–water partition coefficient (Wildman–Crippen LogP) is 7.63. The van der Waals surface area contributed by atoms with Gasteiger partial charge in [0.05, 0.1) is 40.2 Å². The number of aromatic amines is 1. The van der Waals surface area contributed by atoms with Crippen molar-refractivity contribution in [2.45, 2.75) is 87.2 Å². The summed E-state index contributed by atoms with van der Waals surface area (Å²) in [7, 11) is -4.66. The molecular formula is C47H52N10O6S. The Kier molecular flexibility index (Phi) is 10.4. The number of nitrogens with one attached hydrogen (secondary N) is 3. The molecule has 2 aliphatic carbocycles. The number of rotatable bonds is 12. The second-order valence-corrected chi connectivity index (χ2v) is 20.2. The number of carbonyl (C=O) groups excluding carboxylic acids is 1. The van der Waals surface area contributed by atoms with E-state index in [0.717, 1.165) is 68.0 Å². The molecule has 17 heteroatoms. The highest BCUT2D eigenvalue weighted by Crippen LogP contribution is 2.55. The molecule has 5 aliphatic rings. The van der Waals surface area contributed by atoms with Crippen molar-refractivity contribution in [3.8, 4) is 5.69 Å². The van der Waals surface area contributed by atoms with Gasteiger partial charge in [-0.2, -0.15) is 13.5 Å². The molecule has 7 heterocycles. The molecule has 3 N–H and O–H groups in total. The van der Waals surface area contributed by atoms with Crippen LogP contribution < -0.4 is 14.9 Å². The van der Waals surface area contributed by atoms with Crippen molar-refractivity contribution in [2.75, 3.05) is 49.6 Å². The topological polar surface area (TPSA) is 194 Å². The van der Waals surface area contributed by atoms with Gasteiger partial charge in [0.2, 0.25) is 0 Å². The zero-order valence-corrected chi connectivity index (χ0v) is 36.4. The SMILES string of the molecule is O=C(NS(=O)(=O)c1cc([N+](=O)[O-])c(NCC2CCOCC2)cn1)c1ccc(N2CCC3(CC2)CC(N2CCCC2c2ccccc2C2CC2)C3)cc1-n1ncc2nc3[nH]ccc3cc21. The van der Waals surface area contributed by atoms with E-state index in [1.54, 1.807) is 34.3 Å². The van der Waals surface area contributed by atoms with Crippen LogP contribution in [0.15, 0.2) is 84.3 Å². The monoisotopic (exact) mass is 884 g/mol. The number of carbonyl (C=O) groups is 1. The largest absolute Gasteiger partial charge is 0.381 e. The minimum atomic E-state index is -4.66. The summed E-state index contributed by atoms with van der Waals surface area (Å²) in [6.07, 6.45) is 15.9. The highest BCUT2D eigenvalue weighted by Gasteiger charge is 2.50. The molecule has 332 valence electrons. The second-order valence-electron chi connectivity index (χ2n) is 18.6. The Morgan fingerprint density at radius 2 is 1.75 bits per heavy atom. The summed E-state index contributed by atoms with van der Waals surface area (Å²) in [6, 6.07) is 20.4. The van der Waals surface area contributed by atoms with E-state index in [1.807, 2.05) is 24.3 Å². The number of ether oxygens (including phenoxy) is 1. The van der Waals surface area contributed by atoms with E-state index in [0.29, 0.717) is 59.6 Å². The molecule has 1 unspecified atom stereocenters. The Balaban J connectivity index is 0.831. The number of nitrogens with zero attached hydrogens (tertiary/aromatic N) is 7. The van der Waals surface area contributed by atoms with Gasteiger partial charge in [0, 0.05) is 62.2 Å². The average molecular weight is 885 g/mol. The molecule has 4 aromatic heterocycles. The fraction of sp³-hybridized carbons (Fsp3) is 0.447. The lowest BCUT2D eigenvalue weighted by Crippen LogP contribution is -2.55. The maximum absolute atomic E-state index is 14.2. The van der Waals surface area contributed by atoms with E-state index in [2.05, 4.69) is 59.2 Å². The van der Waals surface area contributed by atoms with Crippen LogP contribution in [-0.4, -0.2) is 94.3 Å². The summed E-state index contributed by atoms with van der Waals surface area (Å²) in [5.41, 5.74) is 6.35. The van der Waals surface area contributed by atoms with Crippen LogP contribution in [0.2, 0.25) is 0 Å². The van der Waals surface area contributed by atoms with Gasteiger partial charge < -0.3 is 19.9 Å². The van der Waals surface area contributed by atoms with E-state index < -0.39 is 31.6 Å². The molecule has 3 saturated heterocycles. The van der Waals surface area contributed by atoms with Crippen molar-refractivity contribution in [3.05, 3.63) is 106 Å². The summed E-state index contributed by atoms with van der Waals surface area (Å²) < 4.78 is 36.8. The number of nitro groups is 1. The first-order valence-electron chi connectivity index (χ1n) is 22.7. The van der Waals surface area contributed by atoms with Crippen molar-refractivity contribution in [1.82, 2.24) is 34.4 Å². The van der Waals surface area contributed by atoms with Gasteiger partial charge in [-0.05, 0) is 129 Å². The Morgan fingerprint density at radius 1 is 0.953 bits per heavy atom. The summed E-state index contributed by atoms with van der Waals surface area (Å²) in [5.74, 6) is 0.0718. The molecule has 1 spiro atoms. The summed E-state index contributed by atoms with van der Waals surface area (Å²) in [4.78, 5) is 42.7. The van der Waals surface area contributed by atoms with Crippen LogP contribution in [-0.2, 0) is 14.8 Å². The van der Waals surface area contributed by atoms with Crippen molar-refractivity contribution < 1.29 is 22.9 Å². The first kappa shape index (κ1) is 40.8. The maximum atomic E-state index is 14.2. The van der Waals surface area contributed by atoms with Gasteiger partial charge >= 0.3 is 0 Å². The van der Waals surface area contributed by atoms with E-state index >= 15 is 0 Å². The lowest BCUT2D eigenvalue weighted by molar-refractivity contribution is -0.384. The quantitative estimate of drug-likeness (QED) is 0.0805. The Labute approximate surface area is 371 Å². The summed E-state index contributed by atoms with van der Waals surface area (Å²) in [5, 5.41) is 20.1. The van der Waals surface area contributed by atoms with Gasteiger partial charge in [0.1, 0.15) is 16.9 Å². The average Bonchev–Trinajstić information content (AvgIpc) is 3.63. The molecule has 0 radical (unpaired) electrons. The lowest BCUT2D eigenvalue weighted by Gasteiger charge is -2.56. The number of sulfonamides is 1. The summed E-state index contributed by atoms with van der Waals surface area (Å²) >= 11 is 0. The number of hydrogen-bond donors (Lipinski definition) is 3. The number of hydrogen-bond acceptors (Lipinski definition) is 12. The van der Waals surface area contributed by atoms with Crippen LogP contribution in [0, 0.1) is 21.4 Å². The van der Waals surface area contributed by atoms with Crippen LogP contribution in [0.25, 0.3) is 27.8 Å². The Bertz CT molecular complexity index is 2870. The molecule has 2 aromatic carbocycles. The van der Waals surface area contributed by atoms with E-state index in [1.165, 1.54) is 45.1 Å². The van der Waals surface area contributed by atoms with Crippen LogP contribution in [0.3, 0.4) is 0 Å². The van der Waals surface area contributed by atoms with Gasteiger partial charge in [-0.3, -0.25) is 19.8 Å². The molecule has 5 fully saturated rings. The minimum absolute atomic E-state index is 0.0504. The highest BCUT2D eigenvalue weighted by atomic mass is 32.2. The molecule has 1 atom stereocenters. The molecule has 2 saturated carbocycles. The van der Waals surface area contributed by atoms with Crippen molar-refractivity contribution >= 4 is 55.1 Å². The third kappa shape index (κ3) is 7.66. The van der Waals surface area contributed by atoms with Crippen molar-refractivity contribution in [3.63, 3.8) is 0 Å². The van der Waals surface area contributed by atoms with Gasteiger partial charge in [0.25, 0.3) is 21.6 Å². The van der Waals surface area contributed by atoms with E-state index in [4.69, 9.17) is 9.72 Å². The second kappa shape index (κ2) is 16.3. The molecule has 6 aromatic rings. The Hall–Kier alpha value is -5.91. The number of piperidine rings is 1. The molecule has 0 bridgehead atoms. The number of amides is 1. The van der Waals surface area contributed by atoms with Crippen molar-refractivity contribution in [2.24, 2.45) is 11.3 Å². The molecule has 3 aliphatic heterocycles. The van der Waals surface area contributed by atoms with E-state index in [9.17, 15) is 23.3 Å². The van der Waals surface area contributed by atoms with Gasteiger partial charge in [-0.15, -0.1) is 0 Å². The van der Waals surface area contributed by atoms with Gasteiger partial charge in [-0.25, -0.2) is 19.4 Å². The third-order valence-electron chi connectivity index (χ3n) is 14.7. The number of fused-ring (bicyclic) bond motifs is 2. The maximum Gasteiger partial charge on any atom is 0.296 e. The minimum Gasteiger partial charge on any atom is -0.381 e. The number of benzene rings is 2. The van der Waals surface area contributed by atoms with Gasteiger partial charge in [0.15, 0.2) is 5.03 Å². The number of likely N-dealkylation sites (tertiary alicyclic amines) is 1. The number of H-pyrrole nitrogens is 1. The first-order valence-corrected chi connectivity index (χ1v) is 24.2. The summed E-state index contributed by atoms with van der Waals surface area (Å²) in [6.45, 7) is 4.58. The fourth-order valence-electron chi connectivity index (χ4n) is 11.0. The zero-order valence-electron chi connectivity index (χ0n) is 35.6. The molecule has 11 rings (SSSR count). The molecule has 16 nitrogen and oxygen atoms in total. The van der Waals surface area contributed by atoms with Crippen LogP contribution in [0.5, 0.6) is 0 Å². The Morgan fingerprint density at radius 3 is 2.53 bits per heavy atom. The third-order valence-corrected chi connectivity index (χ3v) is 15.9. The molecule has 1 amide bonds. The standard InChI is InChI=1S/C47H52N10O6S/c58-46(53-64(61,62)44-24-43(57(59)60)38(28-50-44)49-27-30-12-20-63-21-13-30)37-10-9-33(23-41(37)56-42-22-32-11-16-48-45(32)52-39(42)29-51-56)54-18-14-47(15-19-54)25-34(26-47)55-17-3-6-40(55)36-5-2-1-4-35(36)31-7-8-31/h1-2,4-5,9-11,16,22-24,28-31,34,40,49H,3,6-8,12-15,17-21,25-27H2,(H,48,52)(H,53,58). The van der Waals surface area contributed by atoms with E-state index in [-0.39, 0.29) is 17.2 Å². The number of aromatic nitrogens is 5. The fourth-order valence-corrected chi connectivity index (χ4v) is 11.9. The molecular weight excluding hydrogens is 833 g/mol. The smallest absolute Gasteiger partial charge is 0.296 e. The molecule has 64 heavy (non-hydrogen) atoms. The normalized spacial score (nSPS) is 20.8. The highest BCUT2D eigenvalue weighted by molar-refractivity contribution is 7.90. The zero-order chi connectivity index (χ0) is 43.6. The van der Waals surface area contributed by atoms with Crippen LogP contribution in [0.1, 0.15) is 97.7 Å². The number of anilines is 2. The van der Waals surface area contributed by atoms with Crippen LogP contribution >= 0.6 is 0 Å². The first-order chi connectivity index (χ1) is 31.1. The van der Waals surface area contributed by atoms with Gasteiger partial charge in [-0.1, -0.05) is 24.3 Å². The number of pyridine rings is 2.